The van der Waals surface area contributed by atoms with Gasteiger partial charge >= 0.3 is 0 Å². The Hall–Kier alpha value is -1.43. The lowest BCUT2D eigenvalue weighted by molar-refractivity contribution is -0.143. The zero-order chi connectivity index (χ0) is 23.6. The molecular formula is C20H29Cl2N5O4S. The average Bonchev–Trinajstić information content (AvgIpc) is 2.98. The van der Waals surface area contributed by atoms with Crippen LogP contribution in [0.5, 0.6) is 0 Å². The number of halogens is 2. The van der Waals surface area contributed by atoms with Gasteiger partial charge in [0.1, 0.15) is 11.4 Å². The van der Waals surface area contributed by atoms with E-state index in [1.165, 1.54) is 10.4 Å². The predicted octanol–water partition coefficient (Wildman–Crippen LogP) is 1.21. The molecule has 1 aromatic carbocycles. The first kappa shape index (κ1) is 25.2. The number of benzene rings is 1. The third-order valence-electron chi connectivity index (χ3n) is 5.77. The van der Waals surface area contributed by atoms with Gasteiger partial charge in [0.25, 0.3) is 5.91 Å². The lowest BCUT2D eigenvalue weighted by atomic mass is 10.2. The normalized spacial score (nSPS) is 24.8. The molecule has 2 heterocycles. The molecule has 2 aliphatic rings. The van der Waals surface area contributed by atoms with E-state index in [-0.39, 0.29) is 11.4 Å². The van der Waals surface area contributed by atoms with Gasteiger partial charge < -0.3 is 10.2 Å². The molecule has 2 saturated heterocycles. The number of carbonyl (C=O) groups excluding carboxylic acids is 2. The highest BCUT2D eigenvalue weighted by molar-refractivity contribution is 7.89. The topological polar surface area (TPSA) is 102 Å². The van der Waals surface area contributed by atoms with E-state index < -0.39 is 38.6 Å². The van der Waals surface area contributed by atoms with E-state index in [1.807, 2.05) is 7.05 Å². The molecule has 9 nitrogen and oxygen atoms in total. The second-order valence-corrected chi connectivity index (χ2v) is 11.1. The van der Waals surface area contributed by atoms with Crippen molar-refractivity contribution in [2.45, 2.75) is 42.0 Å². The maximum atomic E-state index is 13.3. The molecule has 0 spiro atoms. The quantitative estimate of drug-likeness (QED) is 0.583. The van der Waals surface area contributed by atoms with Crippen molar-refractivity contribution in [1.29, 1.82) is 0 Å². The van der Waals surface area contributed by atoms with E-state index in [1.54, 1.807) is 26.0 Å². The Bertz CT molecular complexity index is 977. The molecule has 12 heteroatoms. The number of amides is 2. The number of nitrogens with zero attached hydrogens (tertiary/aromatic N) is 3. The molecule has 2 aliphatic heterocycles. The first-order chi connectivity index (χ1) is 15.0. The summed E-state index contributed by atoms with van der Waals surface area (Å²) in [6.07, 6.45) is 0.754. The number of sulfonamides is 1. The van der Waals surface area contributed by atoms with Gasteiger partial charge in [0, 0.05) is 31.9 Å². The van der Waals surface area contributed by atoms with Crippen molar-refractivity contribution < 1.29 is 18.0 Å². The molecule has 0 saturated carbocycles. The molecule has 3 atom stereocenters. The summed E-state index contributed by atoms with van der Waals surface area (Å²) in [4.78, 5) is 27.4. The second-order valence-electron chi connectivity index (χ2n) is 8.19. The van der Waals surface area contributed by atoms with Crippen molar-refractivity contribution in [3.05, 3.63) is 23.8 Å². The third-order valence-corrected chi connectivity index (χ3v) is 8.83. The maximum absolute atomic E-state index is 13.3. The summed E-state index contributed by atoms with van der Waals surface area (Å²) in [5.41, 5.74) is 3.74. The lowest BCUT2D eigenvalue weighted by Crippen LogP contribution is -2.62. The average molecular weight is 506 g/mol. The van der Waals surface area contributed by atoms with Crippen LogP contribution in [0.1, 0.15) is 18.9 Å². The van der Waals surface area contributed by atoms with Gasteiger partial charge in [-0.2, -0.15) is 4.31 Å². The number of anilines is 1. The molecule has 0 aromatic heterocycles. The molecule has 178 valence electrons. The molecule has 0 radical (unpaired) electrons. The largest absolute Gasteiger partial charge is 0.324 e. The van der Waals surface area contributed by atoms with Crippen molar-refractivity contribution in [1.82, 2.24) is 19.6 Å². The number of hydrazine groups is 1. The van der Waals surface area contributed by atoms with Crippen LogP contribution in [0.15, 0.2) is 23.1 Å². The van der Waals surface area contributed by atoms with Gasteiger partial charge in [-0.05, 0) is 51.6 Å². The molecular weight excluding hydrogens is 477 g/mol. The van der Waals surface area contributed by atoms with Gasteiger partial charge in [-0.15, -0.1) is 23.2 Å². The van der Waals surface area contributed by atoms with Crippen LogP contribution in [0.4, 0.5) is 5.69 Å². The fourth-order valence-corrected chi connectivity index (χ4v) is 5.80. The van der Waals surface area contributed by atoms with Gasteiger partial charge in [-0.3, -0.25) is 14.6 Å². The van der Waals surface area contributed by atoms with Gasteiger partial charge in [0.2, 0.25) is 15.9 Å². The summed E-state index contributed by atoms with van der Waals surface area (Å²) in [5.74, 6) is -0.967. The van der Waals surface area contributed by atoms with Crippen LogP contribution in [0.2, 0.25) is 0 Å². The SMILES string of the molecule is Cc1ccc(NC(=O)C(C)N2NCC(Cl)C(Cl)C2=O)cc1S(=O)(=O)N1CCCN(C)CC1. The van der Waals surface area contributed by atoms with Gasteiger partial charge in [0.05, 0.1) is 10.3 Å². The number of carbonyl (C=O) groups is 2. The molecule has 0 bridgehead atoms. The molecule has 3 unspecified atom stereocenters. The summed E-state index contributed by atoms with van der Waals surface area (Å²) < 4.78 is 28.1. The van der Waals surface area contributed by atoms with Crippen LogP contribution in [-0.2, 0) is 19.6 Å². The lowest BCUT2D eigenvalue weighted by Gasteiger charge is -2.36. The van der Waals surface area contributed by atoms with Crippen molar-refractivity contribution in [3.8, 4) is 0 Å². The third kappa shape index (κ3) is 5.37. The van der Waals surface area contributed by atoms with Crippen molar-refractivity contribution in [2.75, 3.05) is 45.1 Å². The molecule has 32 heavy (non-hydrogen) atoms. The fourth-order valence-electron chi connectivity index (χ4n) is 3.70. The number of hydrogen-bond acceptors (Lipinski definition) is 6. The first-order valence-corrected chi connectivity index (χ1v) is 12.8. The monoisotopic (exact) mass is 505 g/mol. The van der Waals surface area contributed by atoms with Gasteiger partial charge in [-0.25, -0.2) is 13.8 Å². The van der Waals surface area contributed by atoms with Crippen LogP contribution in [0, 0.1) is 6.92 Å². The van der Waals surface area contributed by atoms with E-state index >= 15 is 0 Å². The van der Waals surface area contributed by atoms with Crippen LogP contribution in [-0.4, -0.2) is 91.0 Å². The summed E-state index contributed by atoms with van der Waals surface area (Å²) in [6.45, 7) is 5.89. The second kappa shape index (κ2) is 10.2. The zero-order valence-corrected chi connectivity index (χ0v) is 20.7. The first-order valence-electron chi connectivity index (χ1n) is 10.5. The minimum atomic E-state index is -3.71. The highest BCUT2D eigenvalue weighted by Gasteiger charge is 2.38. The van der Waals surface area contributed by atoms with Crippen molar-refractivity contribution in [3.63, 3.8) is 0 Å². The van der Waals surface area contributed by atoms with E-state index in [4.69, 9.17) is 23.2 Å². The molecule has 3 rings (SSSR count). The van der Waals surface area contributed by atoms with Gasteiger partial charge in [-0.1, -0.05) is 6.07 Å². The summed E-state index contributed by atoms with van der Waals surface area (Å²) >= 11 is 12.0. The zero-order valence-electron chi connectivity index (χ0n) is 18.3. The van der Waals surface area contributed by atoms with E-state index in [0.717, 1.165) is 18.0 Å². The van der Waals surface area contributed by atoms with Crippen LogP contribution >= 0.6 is 23.2 Å². The van der Waals surface area contributed by atoms with E-state index in [0.29, 0.717) is 30.9 Å². The Morgan fingerprint density at radius 3 is 2.66 bits per heavy atom. The van der Waals surface area contributed by atoms with Crippen LogP contribution < -0.4 is 10.7 Å². The van der Waals surface area contributed by atoms with Crippen molar-refractivity contribution in [2.24, 2.45) is 0 Å². The highest BCUT2D eigenvalue weighted by atomic mass is 35.5. The Morgan fingerprint density at radius 1 is 1.22 bits per heavy atom. The van der Waals surface area contributed by atoms with Gasteiger partial charge in [0.15, 0.2) is 0 Å². The molecule has 2 N–H and O–H groups in total. The number of aryl methyl sites for hydroxylation is 1. The summed E-state index contributed by atoms with van der Waals surface area (Å²) in [7, 11) is -1.74. The summed E-state index contributed by atoms with van der Waals surface area (Å²) in [6, 6.07) is 3.89. The molecule has 2 amide bonds. The number of nitrogens with one attached hydrogen (secondary N) is 2. The Labute approximate surface area is 199 Å². The predicted molar refractivity (Wildman–Crippen MR) is 124 cm³/mol. The number of hydrogen-bond donors (Lipinski definition) is 2. The molecule has 2 fully saturated rings. The minimum Gasteiger partial charge on any atom is -0.324 e. The van der Waals surface area contributed by atoms with E-state index in [9.17, 15) is 18.0 Å². The van der Waals surface area contributed by atoms with Crippen LogP contribution in [0.25, 0.3) is 0 Å². The Kier molecular flexibility index (Phi) is 8.06. The summed E-state index contributed by atoms with van der Waals surface area (Å²) in [5, 5.41) is 2.36. The number of likely N-dealkylation sites (N-methyl/N-ethyl adjacent to an activating group) is 1. The fraction of sp³-hybridized carbons (Fsp3) is 0.600. The number of rotatable bonds is 5. The molecule has 1 aromatic rings. The maximum Gasteiger partial charge on any atom is 0.257 e. The highest BCUT2D eigenvalue weighted by Crippen LogP contribution is 2.25. The smallest absolute Gasteiger partial charge is 0.257 e. The number of alkyl halides is 2. The van der Waals surface area contributed by atoms with Crippen molar-refractivity contribution >= 4 is 50.7 Å². The Balaban J connectivity index is 1.76. The Morgan fingerprint density at radius 2 is 1.94 bits per heavy atom. The minimum absolute atomic E-state index is 0.158. The molecule has 0 aliphatic carbocycles. The van der Waals surface area contributed by atoms with E-state index in [2.05, 4.69) is 15.6 Å². The van der Waals surface area contributed by atoms with Crippen LogP contribution in [0.3, 0.4) is 0 Å². The standard InChI is InChI=1S/C20H29Cl2N5O4S/c1-13-5-6-15(11-17(13)32(30,31)26-8-4-7-25(3)9-10-26)24-19(28)14(2)27-20(29)18(22)16(21)12-23-27/h5-6,11,14,16,18,23H,4,7-10,12H2,1-3H3,(H,24,28).